The number of amides is 2. The van der Waals surface area contributed by atoms with Crippen LogP contribution in [-0.4, -0.2) is 61.1 Å². The van der Waals surface area contributed by atoms with E-state index in [0.717, 1.165) is 68.6 Å². The molecular weight excluding hydrogens is 650 g/mol. The van der Waals surface area contributed by atoms with Gasteiger partial charge in [-0.1, -0.05) is 36.2 Å². The number of carbonyl (C=O) groups excluding carboxylic acids is 2. The highest BCUT2D eigenvalue weighted by Crippen LogP contribution is 2.47. The average molecular weight is 696 g/mol. The van der Waals surface area contributed by atoms with Crippen molar-refractivity contribution in [2.24, 2.45) is 22.1 Å². The summed E-state index contributed by atoms with van der Waals surface area (Å²) < 4.78 is 40.5. The quantitative estimate of drug-likeness (QED) is 0.370. The second-order valence-corrected chi connectivity index (χ2v) is 17.0. The molecule has 2 amide bonds. The third-order valence-electron chi connectivity index (χ3n) is 11.3. The molecule has 258 valence electrons. The third kappa shape index (κ3) is 6.30. The van der Waals surface area contributed by atoms with E-state index in [4.69, 9.17) is 25.8 Å². The van der Waals surface area contributed by atoms with Gasteiger partial charge in [0.15, 0.2) is 9.92 Å². The van der Waals surface area contributed by atoms with E-state index in [0.29, 0.717) is 30.7 Å². The summed E-state index contributed by atoms with van der Waals surface area (Å²) in [5.74, 6) is 0.0368. The van der Waals surface area contributed by atoms with E-state index < -0.39 is 21.4 Å². The third-order valence-corrected chi connectivity index (χ3v) is 13.3. The lowest BCUT2D eigenvalue weighted by Crippen LogP contribution is -2.49. The van der Waals surface area contributed by atoms with Crippen LogP contribution in [0.1, 0.15) is 69.9 Å². The van der Waals surface area contributed by atoms with Crippen LogP contribution in [0.2, 0.25) is 5.02 Å². The van der Waals surface area contributed by atoms with Crippen molar-refractivity contribution in [1.29, 1.82) is 0 Å². The van der Waals surface area contributed by atoms with E-state index in [-0.39, 0.29) is 34.8 Å². The fraction of sp³-hybridized carbons (Fsp3) is 0.568. The van der Waals surface area contributed by atoms with Gasteiger partial charge in [-0.05, 0) is 112 Å². The summed E-state index contributed by atoms with van der Waals surface area (Å²) in [4.78, 5) is 29.6. The number of nitrogens with one attached hydrogen (secondary N) is 1. The van der Waals surface area contributed by atoms with Crippen LogP contribution < -0.4 is 14.4 Å². The zero-order valence-electron chi connectivity index (χ0n) is 28.0. The molecule has 7 rings (SSSR count). The van der Waals surface area contributed by atoms with Gasteiger partial charge in [0.25, 0.3) is 5.91 Å². The van der Waals surface area contributed by atoms with E-state index in [1.807, 2.05) is 30.4 Å². The molecule has 2 aromatic rings. The maximum absolute atomic E-state index is 14.9. The summed E-state index contributed by atoms with van der Waals surface area (Å²) in [5, 5.41) is 0.736. The number of hydrogen-bond donors (Lipinski definition) is 1. The number of fused-ring (bicyclic) bond motifs is 4. The molecule has 2 saturated carbocycles. The number of anilines is 1. The van der Waals surface area contributed by atoms with Crippen LogP contribution in [0.5, 0.6) is 5.75 Å². The second kappa shape index (κ2) is 13.1. The summed E-state index contributed by atoms with van der Waals surface area (Å²) >= 11 is 6.46. The Bertz CT molecular complexity index is 1750. The molecule has 0 radical (unpaired) electrons. The first-order valence-corrected chi connectivity index (χ1v) is 19.2. The van der Waals surface area contributed by atoms with Crippen LogP contribution in [0.4, 0.5) is 5.69 Å². The number of hydrogen-bond acceptors (Lipinski definition) is 7. The Labute approximate surface area is 289 Å². The molecule has 5 aliphatic rings. The molecular formula is C37H46ClN3O6S. The van der Waals surface area contributed by atoms with Gasteiger partial charge in [-0.3, -0.25) is 14.3 Å². The van der Waals surface area contributed by atoms with Crippen molar-refractivity contribution < 1.29 is 28.0 Å². The van der Waals surface area contributed by atoms with Crippen LogP contribution in [0.15, 0.2) is 57.8 Å². The smallest absolute Gasteiger partial charge is 0.287 e. The first kappa shape index (κ1) is 33.6. The largest absolute Gasteiger partial charge is 0.490 e. The molecule has 2 aromatic carbocycles. The predicted octanol–water partition coefficient (Wildman–Crippen LogP) is 6.40. The van der Waals surface area contributed by atoms with Crippen molar-refractivity contribution in [1.82, 2.24) is 4.72 Å². The summed E-state index contributed by atoms with van der Waals surface area (Å²) in [5.41, 5.74) is 1.65. The molecule has 5 atom stereocenters. The minimum absolute atomic E-state index is 0.0928. The first-order chi connectivity index (χ1) is 23.0. The number of carbonyl (C=O) groups is 2. The van der Waals surface area contributed by atoms with Gasteiger partial charge < -0.3 is 19.1 Å². The molecule has 3 aliphatic carbocycles. The molecule has 2 heterocycles. The maximum atomic E-state index is 14.9. The number of nitrogens with zero attached hydrogens (tertiary/aromatic N) is 2. The molecule has 0 saturated heterocycles. The maximum Gasteiger partial charge on any atom is 0.287 e. The lowest BCUT2D eigenvalue weighted by molar-refractivity contribution is -0.137. The fourth-order valence-corrected chi connectivity index (χ4v) is 9.84. The van der Waals surface area contributed by atoms with Gasteiger partial charge in [0.05, 0.1) is 29.9 Å². The number of halogens is 1. The molecule has 1 spiro atoms. The van der Waals surface area contributed by atoms with E-state index in [1.54, 1.807) is 27.0 Å². The second-order valence-electron chi connectivity index (χ2n) is 14.7. The summed E-state index contributed by atoms with van der Waals surface area (Å²) in [6.07, 6.45) is 11.3. The van der Waals surface area contributed by atoms with Gasteiger partial charge in [-0.15, -0.1) is 4.36 Å². The topological polar surface area (TPSA) is 107 Å². The number of benzene rings is 2. The Hall–Kier alpha value is -2.92. The Balaban J connectivity index is 1.36. The van der Waals surface area contributed by atoms with Crippen molar-refractivity contribution in [2.75, 3.05) is 38.3 Å². The minimum atomic E-state index is -3.72. The molecule has 0 aromatic heterocycles. The zero-order valence-corrected chi connectivity index (χ0v) is 29.6. The summed E-state index contributed by atoms with van der Waals surface area (Å²) in [7, 11) is -1.98. The van der Waals surface area contributed by atoms with Gasteiger partial charge >= 0.3 is 0 Å². The number of aryl methyl sites for hydroxylation is 1. The van der Waals surface area contributed by atoms with Crippen LogP contribution in [0.25, 0.3) is 0 Å². The number of ether oxygens (including phenoxy) is 3. The van der Waals surface area contributed by atoms with Crippen molar-refractivity contribution in [3.63, 3.8) is 0 Å². The van der Waals surface area contributed by atoms with Gasteiger partial charge in [-0.25, -0.2) is 4.21 Å². The lowest BCUT2D eigenvalue weighted by Gasteiger charge is -2.46. The van der Waals surface area contributed by atoms with E-state index >= 15 is 0 Å². The van der Waals surface area contributed by atoms with E-state index in [9.17, 15) is 13.8 Å². The molecule has 9 nitrogen and oxygen atoms in total. The van der Waals surface area contributed by atoms with E-state index in [2.05, 4.69) is 26.1 Å². The Kier molecular flexibility index (Phi) is 9.15. The highest BCUT2D eigenvalue weighted by Gasteiger charge is 2.45. The van der Waals surface area contributed by atoms with Crippen LogP contribution in [0, 0.1) is 17.8 Å². The van der Waals surface area contributed by atoms with Gasteiger partial charge in [0.1, 0.15) is 11.4 Å². The normalized spacial score (nSPS) is 32.3. The van der Waals surface area contributed by atoms with Gasteiger partial charge in [0.2, 0.25) is 5.91 Å². The molecule has 1 N–H and O–H groups in total. The van der Waals surface area contributed by atoms with Crippen molar-refractivity contribution in [3.05, 3.63) is 64.7 Å². The Morgan fingerprint density at radius 2 is 1.96 bits per heavy atom. The molecule has 0 unspecified atom stereocenters. The van der Waals surface area contributed by atoms with Crippen molar-refractivity contribution in [2.45, 2.75) is 87.2 Å². The Morgan fingerprint density at radius 1 is 1.12 bits per heavy atom. The zero-order chi connectivity index (χ0) is 33.7. The minimum Gasteiger partial charge on any atom is -0.490 e. The number of methoxy groups -OCH3 is 1. The van der Waals surface area contributed by atoms with Gasteiger partial charge in [-0.2, -0.15) is 0 Å². The van der Waals surface area contributed by atoms with E-state index in [1.165, 1.54) is 11.1 Å². The highest BCUT2D eigenvalue weighted by molar-refractivity contribution is 7.92. The summed E-state index contributed by atoms with van der Waals surface area (Å²) in [6, 6.07) is 11.5. The Morgan fingerprint density at radius 3 is 2.69 bits per heavy atom. The van der Waals surface area contributed by atoms with Crippen LogP contribution >= 0.6 is 11.6 Å². The van der Waals surface area contributed by atoms with Crippen LogP contribution in [0.3, 0.4) is 0 Å². The SMILES string of the molecule is CO[C@H]1/C=C/COC(C)(C)C(=O)N=[S@](=O)(NC(=O)C2CCC2)c2ccc3c(c2)N(C[C@@H]2CC[C@H]21)C[C@@]1(CCCc2cc(Cl)ccc21)CO3. The fourth-order valence-electron chi connectivity index (χ4n) is 7.96. The van der Waals surface area contributed by atoms with Crippen LogP contribution in [-0.2, 0) is 40.8 Å². The lowest BCUT2D eigenvalue weighted by atomic mass is 9.68. The molecule has 48 heavy (non-hydrogen) atoms. The molecule has 2 bridgehead atoms. The molecule has 2 fully saturated rings. The standard InChI is InChI=1S/C37H46ClN3O6S/c1-36(2)35(43)40-48(44,39-34(42)24-7-4-8-24)28-13-16-33-31(20-28)41(21-26-11-14-29(26)32(45-3)10-6-18-47-36)22-37(23-46-33)17-5-9-25-19-27(38)12-15-30(25)37/h6,10,12-13,15-16,19-20,24,26,29,32H,4-5,7-9,11,14,17-18,21-23H2,1-3H3,(H,39,40,42,43,44)/b10-6+/t26-,29+,32-,37-,48+/m0/s1. The highest BCUT2D eigenvalue weighted by atomic mass is 35.5. The average Bonchev–Trinajstić information content (AvgIpc) is 3.16. The number of rotatable bonds is 3. The monoisotopic (exact) mass is 695 g/mol. The van der Waals surface area contributed by atoms with Crippen molar-refractivity contribution >= 4 is 39.0 Å². The molecule has 2 aliphatic heterocycles. The summed E-state index contributed by atoms with van der Waals surface area (Å²) in [6.45, 7) is 5.32. The first-order valence-electron chi connectivity index (χ1n) is 17.3. The van der Waals surface area contributed by atoms with Gasteiger partial charge in [0, 0.05) is 36.6 Å². The predicted molar refractivity (Wildman–Crippen MR) is 186 cm³/mol. The molecule has 11 heteroatoms. The van der Waals surface area contributed by atoms with Crippen molar-refractivity contribution in [3.8, 4) is 5.75 Å².